The Morgan fingerprint density at radius 1 is 1.22 bits per heavy atom. The number of nitrogens with one attached hydrogen (secondary N) is 1. The molecule has 18 heavy (non-hydrogen) atoms. The highest BCUT2D eigenvalue weighted by Crippen LogP contribution is 2.25. The summed E-state index contributed by atoms with van der Waals surface area (Å²) in [5.41, 5.74) is 0. The summed E-state index contributed by atoms with van der Waals surface area (Å²) in [6.45, 7) is 4.93. The van der Waals surface area contributed by atoms with Crippen LogP contribution in [0.5, 0.6) is 0 Å². The monoisotopic (exact) mass is 274 g/mol. The molecule has 2 heterocycles. The maximum Gasteiger partial charge on any atom is 0.214 e. The van der Waals surface area contributed by atoms with Gasteiger partial charge in [0.2, 0.25) is 10.0 Å². The summed E-state index contributed by atoms with van der Waals surface area (Å²) in [6, 6.07) is 0.267. The molecule has 2 aliphatic rings. The molecule has 1 atom stereocenters. The topological polar surface area (TPSA) is 49.4 Å². The summed E-state index contributed by atoms with van der Waals surface area (Å²) in [4.78, 5) is 0. The third kappa shape index (κ3) is 3.45. The van der Waals surface area contributed by atoms with Crippen molar-refractivity contribution in [3.63, 3.8) is 0 Å². The Morgan fingerprint density at radius 2 is 1.94 bits per heavy atom. The van der Waals surface area contributed by atoms with Gasteiger partial charge in [0.25, 0.3) is 0 Å². The van der Waals surface area contributed by atoms with E-state index in [0.29, 0.717) is 11.7 Å². The molecule has 0 amide bonds. The smallest absolute Gasteiger partial charge is 0.214 e. The highest BCUT2D eigenvalue weighted by molar-refractivity contribution is 7.89. The summed E-state index contributed by atoms with van der Waals surface area (Å²) in [7, 11) is -3.01. The minimum Gasteiger partial charge on any atom is -0.317 e. The Morgan fingerprint density at radius 3 is 2.61 bits per heavy atom. The Kier molecular flexibility index (Phi) is 5.04. The van der Waals surface area contributed by atoms with Crippen molar-refractivity contribution in [3.05, 3.63) is 0 Å². The van der Waals surface area contributed by atoms with Gasteiger partial charge in [-0.1, -0.05) is 6.92 Å². The predicted octanol–water partition coefficient (Wildman–Crippen LogP) is 1.58. The summed E-state index contributed by atoms with van der Waals surface area (Å²) in [5, 5.41) is 3.32. The lowest BCUT2D eigenvalue weighted by Crippen LogP contribution is -2.37. The van der Waals surface area contributed by atoms with Gasteiger partial charge in [-0.05, 0) is 57.5 Å². The third-order valence-corrected chi connectivity index (χ3v) is 6.34. The lowest BCUT2D eigenvalue weighted by atomic mass is 9.96. The Hall–Kier alpha value is -0.130. The van der Waals surface area contributed by atoms with Gasteiger partial charge in [-0.3, -0.25) is 0 Å². The minimum atomic E-state index is -3.01. The molecule has 2 saturated heterocycles. The maximum absolute atomic E-state index is 12.4. The molecule has 5 heteroatoms. The maximum atomic E-state index is 12.4. The van der Waals surface area contributed by atoms with Crippen molar-refractivity contribution >= 4 is 10.0 Å². The van der Waals surface area contributed by atoms with Gasteiger partial charge in [-0.2, -0.15) is 4.31 Å². The molecule has 0 aromatic heterocycles. The van der Waals surface area contributed by atoms with Crippen LogP contribution in [-0.4, -0.2) is 44.2 Å². The van der Waals surface area contributed by atoms with Gasteiger partial charge in [-0.25, -0.2) is 8.42 Å². The largest absolute Gasteiger partial charge is 0.317 e. The first-order valence-corrected chi connectivity index (χ1v) is 8.94. The Bertz CT molecular complexity index is 350. The average molecular weight is 274 g/mol. The summed E-state index contributed by atoms with van der Waals surface area (Å²) < 4.78 is 26.5. The quantitative estimate of drug-likeness (QED) is 0.828. The molecule has 2 aliphatic heterocycles. The van der Waals surface area contributed by atoms with Crippen molar-refractivity contribution < 1.29 is 8.42 Å². The molecule has 1 unspecified atom stereocenters. The number of hydrogen-bond acceptors (Lipinski definition) is 3. The molecule has 0 spiro atoms. The lowest BCUT2D eigenvalue weighted by molar-refractivity contribution is 0.352. The molecule has 2 fully saturated rings. The van der Waals surface area contributed by atoms with Crippen LogP contribution in [0.25, 0.3) is 0 Å². The molecular formula is C13H26N2O2S. The standard InChI is InChI=1S/C13H26N2O2S/c1-2-13-4-3-10-15(13)18(16,17)11-7-12-5-8-14-9-6-12/h12-14H,2-11H2,1H3. The van der Waals surface area contributed by atoms with Crippen molar-refractivity contribution in [2.45, 2.75) is 51.5 Å². The predicted molar refractivity (Wildman–Crippen MR) is 74.0 cm³/mol. The van der Waals surface area contributed by atoms with Crippen LogP contribution in [0.2, 0.25) is 0 Å². The van der Waals surface area contributed by atoms with Crippen molar-refractivity contribution in [2.75, 3.05) is 25.4 Å². The second-order valence-corrected chi connectivity index (χ2v) is 7.65. The number of hydrogen-bond donors (Lipinski definition) is 1. The lowest BCUT2D eigenvalue weighted by Gasteiger charge is -2.26. The molecule has 106 valence electrons. The molecule has 0 aromatic rings. The van der Waals surface area contributed by atoms with E-state index in [1.165, 1.54) is 0 Å². The summed E-state index contributed by atoms with van der Waals surface area (Å²) >= 11 is 0. The van der Waals surface area contributed by atoms with E-state index < -0.39 is 10.0 Å². The van der Waals surface area contributed by atoms with Crippen molar-refractivity contribution in [1.82, 2.24) is 9.62 Å². The number of rotatable bonds is 5. The van der Waals surface area contributed by atoms with E-state index in [1.807, 2.05) is 0 Å². The van der Waals surface area contributed by atoms with E-state index in [4.69, 9.17) is 0 Å². The van der Waals surface area contributed by atoms with Gasteiger partial charge in [0, 0.05) is 12.6 Å². The zero-order chi connectivity index (χ0) is 13.0. The Labute approximate surface area is 111 Å². The first-order chi connectivity index (χ1) is 8.63. The minimum absolute atomic E-state index is 0.267. The van der Waals surface area contributed by atoms with Crippen LogP contribution in [0.1, 0.15) is 45.4 Å². The van der Waals surface area contributed by atoms with Gasteiger partial charge in [0.1, 0.15) is 0 Å². The zero-order valence-electron chi connectivity index (χ0n) is 11.4. The van der Waals surface area contributed by atoms with Crippen LogP contribution in [0.15, 0.2) is 0 Å². The Balaban J connectivity index is 1.86. The molecule has 0 radical (unpaired) electrons. The van der Waals surface area contributed by atoms with Gasteiger partial charge < -0.3 is 5.32 Å². The normalized spacial score (nSPS) is 27.7. The van der Waals surface area contributed by atoms with E-state index in [0.717, 1.165) is 58.2 Å². The van der Waals surface area contributed by atoms with Crippen molar-refractivity contribution in [3.8, 4) is 0 Å². The highest BCUT2D eigenvalue weighted by atomic mass is 32.2. The second-order valence-electron chi connectivity index (χ2n) is 5.61. The number of piperidine rings is 1. The molecule has 1 N–H and O–H groups in total. The molecule has 0 aliphatic carbocycles. The SMILES string of the molecule is CCC1CCCN1S(=O)(=O)CCC1CCNCC1. The van der Waals surface area contributed by atoms with E-state index in [1.54, 1.807) is 4.31 Å². The molecule has 4 nitrogen and oxygen atoms in total. The molecule has 2 rings (SSSR count). The first kappa shape index (κ1) is 14.3. The summed E-state index contributed by atoms with van der Waals surface area (Å²) in [6.07, 6.45) is 6.14. The van der Waals surface area contributed by atoms with Gasteiger partial charge in [-0.15, -0.1) is 0 Å². The van der Waals surface area contributed by atoms with E-state index in [-0.39, 0.29) is 6.04 Å². The average Bonchev–Trinajstić information content (AvgIpc) is 2.87. The molecule has 0 aromatic carbocycles. The second kappa shape index (κ2) is 6.35. The fourth-order valence-corrected chi connectivity index (χ4v) is 5.17. The number of nitrogens with zero attached hydrogens (tertiary/aromatic N) is 1. The van der Waals surface area contributed by atoms with Crippen LogP contribution < -0.4 is 5.32 Å². The van der Waals surface area contributed by atoms with Crippen LogP contribution >= 0.6 is 0 Å². The third-order valence-electron chi connectivity index (χ3n) is 4.39. The number of sulfonamides is 1. The van der Waals surface area contributed by atoms with Crippen LogP contribution in [-0.2, 0) is 10.0 Å². The highest BCUT2D eigenvalue weighted by Gasteiger charge is 2.33. The first-order valence-electron chi connectivity index (χ1n) is 7.33. The van der Waals surface area contributed by atoms with E-state index >= 15 is 0 Å². The molecular weight excluding hydrogens is 248 g/mol. The van der Waals surface area contributed by atoms with Gasteiger partial charge >= 0.3 is 0 Å². The van der Waals surface area contributed by atoms with E-state index in [9.17, 15) is 8.42 Å². The van der Waals surface area contributed by atoms with Crippen molar-refractivity contribution in [2.24, 2.45) is 5.92 Å². The fraction of sp³-hybridized carbons (Fsp3) is 1.00. The van der Waals surface area contributed by atoms with Crippen LogP contribution in [0.3, 0.4) is 0 Å². The zero-order valence-corrected chi connectivity index (χ0v) is 12.2. The van der Waals surface area contributed by atoms with Crippen LogP contribution in [0.4, 0.5) is 0 Å². The molecule has 0 bridgehead atoms. The van der Waals surface area contributed by atoms with E-state index in [2.05, 4.69) is 12.2 Å². The molecule has 0 saturated carbocycles. The van der Waals surface area contributed by atoms with Crippen molar-refractivity contribution in [1.29, 1.82) is 0 Å². The van der Waals surface area contributed by atoms with Gasteiger partial charge in [0.15, 0.2) is 0 Å². The van der Waals surface area contributed by atoms with Gasteiger partial charge in [0.05, 0.1) is 5.75 Å². The van der Waals surface area contributed by atoms with Crippen LogP contribution in [0, 0.1) is 5.92 Å². The summed E-state index contributed by atoms with van der Waals surface area (Å²) in [5.74, 6) is 0.956. The fourth-order valence-electron chi connectivity index (χ4n) is 3.19.